The molecule has 0 saturated carbocycles. The first-order valence-electron chi connectivity index (χ1n) is 6.59. The van der Waals surface area contributed by atoms with Gasteiger partial charge in [-0.2, -0.15) is 0 Å². The average molecular weight is 306 g/mol. The Morgan fingerprint density at radius 1 is 1.29 bits per heavy atom. The highest BCUT2D eigenvalue weighted by molar-refractivity contribution is 7.09. The summed E-state index contributed by atoms with van der Waals surface area (Å²) >= 11 is 1.02. The minimum atomic E-state index is -0.630. The van der Waals surface area contributed by atoms with Crippen LogP contribution in [0.5, 0.6) is 5.75 Å². The number of amides is 1. The van der Waals surface area contributed by atoms with E-state index in [1.165, 1.54) is 5.56 Å². The van der Waals surface area contributed by atoms with E-state index in [0.29, 0.717) is 10.9 Å². The lowest BCUT2D eigenvalue weighted by atomic mass is 9.87. The van der Waals surface area contributed by atoms with Crippen molar-refractivity contribution in [3.8, 4) is 5.75 Å². The summed E-state index contributed by atoms with van der Waals surface area (Å²) in [5, 5.41) is 10.0. The maximum atomic E-state index is 11.9. The predicted molar refractivity (Wildman–Crippen MR) is 81.6 cm³/mol. The van der Waals surface area contributed by atoms with Gasteiger partial charge < -0.3 is 4.74 Å². The van der Waals surface area contributed by atoms with Gasteiger partial charge in [0, 0.05) is 11.5 Å². The van der Waals surface area contributed by atoms with Crippen molar-refractivity contribution in [3.05, 3.63) is 29.8 Å². The van der Waals surface area contributed by atoms with Crippen molar-refractivity contribution < 1.29 is 9.53 Å². The fourth-order valence-corrected chi connectivity index (χ4v) is 2.05. The molecule has 0 fully saturated rings. The van der Waals surface area contributed by atoms with Gasteiger partial charge >= 0.3 is 0 Å². The zero-order chi connectivity index (χ0) is 15.5. The Labute approximate surface area is 127 Å². The molecule has 7 heteroatoms. The Morgan fingerprint density at radius 2 is 1.95 bits per heavy atom. The molecule has 1 atom stereocenters. The van der Waals surface area contributed by atoms with Crippen LogP contribution in [0.1, 0.15) is 33.3 Å². The first-order valence-corrected chi connectivity index (χ1v) is 7.37. The quantitative estimate of drug-likeness (QED) is 0.939. The van der Waals surface area contributed by atoms with Gasteiger partial charge in [0.1, 0.15) is 5.75 Å². The van der Waals surface area contributed by atoms with E-state index in [-0.39, 0.29) is 11.3 Å². The normalized spacial score (nSPS) is 12.8. The number of ether oxygens (including phenoxy) is 1. The molecule has 2 aromatic rings. The van der Waals surface area contributed by atoms with Crippen molar-refractivity contribution in [1.29, 1.82) is 0 Å². The van der Waals surface area contributed by atoms with Crippen LogP contribution in [0.4, 0.5) is 5.13 Å². The van der Waals surface area contributed by atoms with Crippen molar-refractivity contribution in [2.24, 2.45) is 0 Å². The zero-order valence-electron chi connectivity index (χ0n) is 12.5. The number of hydrogen-bond donors (Lipinski definition) is 1. The van der Waals surface area contributed by atoms with Gasteiger partial charge in [-0.15, -0.1) is 0 Å². The molecule has 0 bridgehead atoms. The van der Waals surface area contributed by atoms with E-state index < -0.39 is 6.10 Å². The topological polar surface area (TPSA) is 77.0 Å². The van der Waals surface area contributed by atoms with E-state index in [2.05, 4.69) is 40.9 Å². The fourth-order valence-electron chi connectivity index (χ4n) is 1.68. The number of nitrogens with zero attached hydrogens (tertiary/aromatic N) is 3. The Kier molecular flexibility index (Phi) is 4.52. The lowest BCUT2D eigenvalue weighted by molar-refractivity contribution is -0.122. The van der Waals surface area contributed by atoms with Crippen molar-refractivity contribution in [1.82, 2.24) is 14.8 Å². The molecule has 1 N–H and O–H groups in total. The Morgan fingerprint density at radius 3 is 2.48 bits per heavy atom. The number of hydrogen-bond acceptors (Lipinski definition) is 6. The fraction of sp³-hybridized carbons (Fsp3) is 0.429. The Hall–Kier alpha value is -2.02. The molecule has 0 aliphatic heterocycles. The lowest BCUT2D eigenvalue weighted by Gasteiger charge is -2.20. The second kappa shape index (κ2) is 6.17. The third-order valence-corrected chi connectivity index (χ3v) is 3.44. The molecule has 21 heavy (non-hydrogen) atoms. The van der Waals surface area contributed by atoms with Gasteiger partial charge in [-0.25, -0.2) is 0 Å². The van der Waals surface area contributed by atoms with Gasteiger partial charge in [-0.3, -0.25) is 10.1 Å². The third kappa shape index (κ3) is 4.22. The minimum absolute atomic E-state index is 0.0896. The molecule has 0 spiro atoms. The van der Waals surface area contributed by atoms with Gasteiger partial charge in [-0.1, -0.05) is 42.5 Å². The highest BCUT2D eigenvalue weighted by Gasteiger charge is 2.17. The van der Waals surface area contributed by atoms with Crippen LogP contribution < -0.4 is 10.1 Å². The summed E-state index contributed by atoms with van der Waals surface area (Å²) in [4.78, 5) is 11.9. The summed E-state index contributed by atoms with van der Waals surface area (Å²) in [6.07, 6.45) is -0.630. The first kappa shape index (κ1) is 15.4. The number of carbonyl (C=O) groups excluding carboxylic acids is 1. The van der Waals surface area contributed by atoms with Gasteiger partial charge in [0.15, 0.2) is 6.10 Å². The van der Waals surface area contributed by atoms with E-state index in [9.17, 15) is 4.79 Å². The Balaban J connectivity index is 1.96. The summed E-state index contributed by atoms with van der Waals surface area (Å²) in [6.45, 7) is 8.13. The van der Waals surface area contributed by atoms with Crippen LogP contribution in [0.3, 0.4) is 0 Å². The number of nitrogens with one attached hydrogen (secondary N) is 1. The molecule has 0 aliphatic rings. The summed E-state index contributed by atoms with van der Waals surface area (Å²) in [7, 11) is 0. The molecule has 1 aromatic carbocycles. The third-order valence-electron chi connectivity index (χ3n) is 2.93. The molecular formula is C14H18N4O2S. The number of carbonyl (C=O) groups is 1. The summed E-state index contributed by atoms with van der Waals surface area (Å²) in [5.74, 6) is 0.370. The SMILES string of the molecule is CC(Oc1ccc(C(C)(C)C)cc1)C(=O)Nc1nnns1. The van der Waals surface area contributed by atoms with Crippen molar-refractivity contribution in [2.45, 2.75) is 39.2 Å². The molecular weight excluding hydrogens is 288 g/mol. The monoisotopic (exact) mass is 306 g/mol. The number of anilines is 1. The average Bonchev–Trinajstić information content (AvgIpc) is 2.91. The van der Waals surface area contributed by atoms with Gasteiger partial charge in [-0.05, 0) is 35.2 Å². The number of aromatic nitrogens is 3. The first-order chi connectivity index (χ1) is 9.86. The predicted octanol–water partition coefficient (Wildman–Crippen LogP) is 2.64. The molecule has 1 amide bonds. The molecule has 1 heterocycles. The number of rotatable bonds is 4. The standard InChI is InChI=1S/C14H18N4O2S/c1-9(12(19)15-13-16-17-18-21-13)20-11-7-5-10(6-8-11)14(2,3)4/h5-9H,1-4H3,(H,15,16,18,19). The van der Waals surface area contributed by atoms with Crippen molar-refractivity contribution >= 4 is 22.6 Å². The smallest absolute Gasteiger partial charge is 0.267 e. The zero-order valence-corrected chi connectivity index (χ0v) is 13.3. The van der Waals surface area contributed by atoms with E-state index in [4.69, 9.17) is 4.74 Å². The molecule has 2 rings (SSSR count). The van der Waals surface area contributed by atoms with Gasteiger partial charge in [0.2, 0.25) is 5.13 Å². The summed E-state index contributed by atoms with van der Waals surface area (Å²) in [5.41, 5.74) is 1.30. The summed E-state index contributed by atoms with van der Waals surface area (Å²) < 4.78 is 9.19. The molecule has 6 nitrogen and oxygen atoms in total. The maximum Gasteiger partial charge on any atom is 0.267 e. The second-order valence-electron chi connectivity index (χ2n) is 5.69. The van der Waals surface area contributed by atoms with Crippen LogP contribution in [0.2, 0.25) is 0 Å². The van der Waals surface area contributed by atoms with Crippen LogP contribution >= 0.6 is 11.5 Å². The highest BCUT2D eigenvalue weighted by Crippen LogP contribution is 2.24. The second-order valence-corrected chi connectivity index (χ2v) is 6.42. The van der Waals surface area contributed by atoms with Crippen LogP contribution in [-0.4, -0.2) is 26.8 Å². The van der Waals surface area contributed by atoms with Crippen molar-refractivity contribution in [3.63, 3.8) is 0 Å². The molecule has 0 saturated heterocycles. The molecule has 112 valence electrons. The van der Waals surface area contributed by atoms with E-state index in [0.717, 1.165) is 11.5 Å². The van der Waals surface area contributed by atoms with Gasteiger partial charge in [0.25, 0.3) is 5.91 Å². The molecule has 1 unspecified atom stereocenters. The van der Waals surface area contributed by atoms with Crippen LogP contribution in [0.15, 0.2) is 24.3 Å². The molecule has 0 aliphatic carbocycles. The largest absolute Gasteiger partial charge is 0.481 e. The highest BCUT2D eigenvalue weighted by atomic mass is 32.1. The molecule has 0 radical (unpaired) electrons. The lowest BCUT2D eigenvalue weighted by Crippen LogP contribution is -2.30. The summed E-state index contributed by atoms with van der Waals surface area (Å²) in [6, 6.07) is 7.76. The van der Waals surface area contributed by atoms with Crippen molar-refractivity contribution in [2.75, 3.05) is 5.32 Å². The maximum absolute atomic E-state index is 11.9. The minimum Gasteiger partial charge on any atom is -0.481 e. The van der Waals surface area contributed by atoms with E-state index in [1.807, 2.05) is 24.3 Å². The van der Waals surface area contributed by atoms with E-state index >= 15 is 0 Å². The van der Waals surface area contributed by atoms with Crippen LogP contribution in [0.25, 0.3) is 0 Å². The Bertz CT molecular complexity index is 590. The number of benzene rings is 1. The molecule has 1 aromatic heterocycles. The van der Waals surface area contributed by atoms with Crippen LogP contribution in [0, 0.1) is 0 Å². The van der Waals surface area contributed by atoms with E-state index in [1.54, 1.807) is 6.92 Å². The van der Waals surface area contributed by atoms with Gasteiger partial charge in [0.05, 0.1) is 0 Å². The van der Waals surface area contributed by atoms with Crippen LogP contribution in [-0.2, 0) is 10.2 Å².